The molecule has 0 fully saturated rings. The van der Waals surface area contributed by atoms with Crippen LogP contribution in [-0.2, 0) is 27.3 Å². The highest BCUT2D eigenvalue weighted by atomic mass is 16.5. The van der Waals surface area contributed by atoms with Gasteiger partial charge < -0.3 is 14.2 Å². The number of ether oxygens (including phenoxy) is 1. The van der Waals surface area contributed by atoms with Gasteiger partial charge in [0.1, 0.15) is 0 Å². The summed E-state index contributed by atoms with van der Waals surface area (Å²) in [6, 6.07) is 8.42. The van der Waals surface area contributed by atoms with Gasteiger partial charge in [0, 0.05) is 38.4 Å². The van der Waals surface area contributed by atoms with Crippen molar-refractivity contribution in [3.05, 3.63) is 54.1 Å². The van der Waals surface area contributed by atoms with Crippen molar-refractivity contribution in [2.45, 2.75) is 46.1 Å². The molecule has 0 radical (unpaired) electrons. The number of methoxy groups -OCH3 is 1. The molecule has 0 saturated heterocycles. The van der Waals surface area contributed by atoms with Crippen molar-refractivity contribution in [3.8, 4) is 0 Å². The highest BCUT2D eigenvalue weighted by Gasteiger charge is 2.21. The van der Waals surface area contributed by atoms with Gasteiger partial charge in [-0.05, 0) is 31.7 Å². The Morgan fingerprint density at radius 1 is 1.21 bits per heavy atom. The zero-order chi connectivity index (χ0) is 20.4. The lowest BCUT2D eigenvalue weighted by Gasteiger charge is -2.25. The lowest BCUT2D eigenvalue weighted by atomic mass is 10.1. The van der Waals surface area contributed by atoms with Crippen LogP contribution in [-0.4, -0.2) is 46.5 Å². The van der Waals surface area contributed by atoms with Gasteiger partial charge in [-0.1, -0.05) is 36.8 Å². The smallest absolute Gasteiger partial charge is 0.310 e. The number of aromatic nitrogens is 2. The van der Waals surface area contributed by atoms with Gasteiger partial charge in [0.25, 0.3) is 0 Å². The molecular formula is C22H31N3O3. The summed E-state index contributed by atoms with van der Waals surface area (Å²) in [6.45, 7) is 5.66. The summed E-state index contributed by atoms with van der Waals surface area (Å²) in [6.07, 6.45) is 8.39. The summed E-state index contributed by atoms with van der Waals surface area (Å²) in [5.41, 5.74) is 2.48. The van der Waals surface area contributed by atoms with Crippen molar-refractivity contribution in [1.82, 2.24) is 14.5 Å². The topological polar surface area (TPSA) is 64.4 Å². The molecule has 0 saturated carbocycles. The number of carbonyl (C=O) groups is 2. The quantitative estimate of drug-likeness (QED) is 0.557. The van der Waals surface area contributed by atoms with Gasteiger partial charge in [-0.25, -0.2) is 4.98 Å². The molecule has 0 spiro atoms. The van der Waals surface area contributed by atoms with Crippen LogP contribution in [0.15, 0.2) is 43.0 Å². The molecule has 28 heavy (non-hydrogen) atoms. The molecule has 152 valence electrons. The maximum absolute atomic E-state index is 12.8. The molecule has 1 aromatic carbocycles. The first-order valence-electron chi connectivity index (χ1n) is 9.86. The predicted octanol–water partition coefficient (Wildman–Crippen LogP) is 3.24. The van der Waals surface area contributed by atoms with Gasteiger partial charge in [-0.3, -0.25) is 9.59 Å². The minimum absolute atomic E-state index is 0.0912. The van der Waals surface area contributed by atoms with Crippen molar-refractivity contribution in [3.63, 3.8) is 0 Å². The van der Waals surface area contributed by atoms with Crippen molar-refractivity contribution in [1.29, 1.82) is 0 Å². The maximum Gasteiger partial charge on any atom is 0.310 e. The fraction of sp³-hybridized carbons (Fsp3) is 0.500. The van der Waals surface area contributed by atoms with E-state index < -0.39 is 0 Å². The third-order valence-corrected chi connectivity index (χ3v) is 4.83. The predicted molar refractivity (Wildman–Crippen MR) is 109 cm³/mol. The number of nitrogens with zero attached hydrogens (tertiary/aromatic N) is 3. The molecule has 1 atom stereocenters. The van der Waals surface area contributed by atoms with E-state index in [4.69, 9.17) is 4.74 Å². The number of esters is 1. The van der Waals surface area contributed by atoms with Gasteiger partial charge in [0.05, 0.1) is 19.4 Å². The largest absolute Gasteiger partial charge is 0.469 e. The summed E-state index contributed by atoms with van der Waals surface area (Å²) in [5.74, 6) is -0.528. The van der Waals surface area contributed by atoms with Crippen LogP contribution in [0.4, 0.5) is 0 Å². The fourth-order valence-corrected chi connectivity index (χ4v) is 3.14. The second-order valence-corrected chi connectivity index (χ2v) is 7.26. The van der Waals surface area contributed by atoms with Gasteiger partial charge >= 0.3 is 5.97 Å². The molecule has 1 amide bonds. The van der Waals surface area contributed by atoms with Gasteiger partial charge in [0.15, 0.2) is 0 Å². The van der Waals surface area contributed by atoms with E-state index in [2.05, 4.69) is 36.2 Å². The van der Waals surface area contributed by atoms with Gasteiger partial charge in [-0.2, -0.15) is 0 Å². The van der Waals surface area contributed by atoms with Crippen molar-refractivity contribution >= 4 is 11.9 Å². The molecule has 0 N–H and O–H groups in total. The Labute approximate surface area is 167 Å². The number of rotatable bonds is 11. The van der Waals surface area contributed by atoms with Crippen molar-refractivity contribution in [2.24, 2.45) is 5.92 Å². The molecule has 1 heterocycles. The molecular weight excluding hydrogens is 354 g/mol. The Balaban J connectivity index is 1.86. The first-order chi connectivity index (χ1) is 13.5. The summed E-state index contributed by atoms with van der Waals surface area (Å²) in [5, 5.41) is 0. The van der Waals surface area contributed by atoms with Gasteiger partial charge in [0.2, 0.25) is 5.91 Å². The fourth-order valence-electron chi connectivity index (χ4n) is 3.14. The summed E-state index contributed by atoms with van der Waals surface area (Å²) in [7, 11) is 1.38. The van der Waals surface area contributed by atoms with E-state index in [1.54, 1.807) is 24.3 Å². The number of hydrogen-bond donors (Lipinski definition) is 0. The number of carbonyl (C=O) groups excluding carboxylic acids is 2. The molecule has 0 aliphatic carbocycles. The Morgan fingerprint density at radius 3 is 2.61 bits per heavy atom. The first kappa shape index (κ1) is 21.7. The normalized spacial score (nSPS) is 11.8. The Kier molecular flexibility index (Phi) is 8.72. The Morgan fingerprint density at radius 2 is 1.96 bits per heavy atom. The van der Waals surface area contributed by atoms with E-state index in [1.165, 1.54) is 18.2 Å². The maximum atomic E-state index is 12.8. The number of imidazole rings is 1. The second kappa shape index (κ2) is 11.3. The SMILES string of the molecule is COC(=O)C(C)CN(CCCn1ccnc1)C(=O)CCCc1ccc(C)cc1. The third-order valence-electron chi connectivity index (χ3n) is 4.83. The summed E-state index contributed by atoms with van der Waals surface area (Å²) in [4.78, 5) is 30.4. The lowest BCUT2D eigenvalue weighted by Crippen LogP contribution is -2.38. The standard InChI is InChI=1S/C22H31N3O3/c1-18-8-10-20(11-9-18)6-4-7-21(26)25(16-19(2)22(27)28-3)14-5-13-24-15-12-23-17-24/h8-12,15,17,19H,4-7,13-14,16H2,1-3H3. The van der Waals surface area contributed by atoms with E-state index in [0.29, 0.717) is 19.5 Å². The molecule has 6 heteroatoms. The molecule has 0 bridgehead atoms. The number of hydrogen-bond acceptors (Lipinski definition) is 4. The van der Waals surface area contributed by atoms with Crippen LogP contribution in [0.25, 0.3) is 0 Å². The van der Waals surface area contributed by atoms with Crippen LogP contribution in [0.1, 0.15) is 37.3 Å². The second-order valence-electron chi connectivity index (χ2n) is 7.26. The highest BCUT2D eigenvalue weighted by molar-refractivity contribution is 5.78. The van der Waals surface area contributed by atoms with E-state index in [-0.39, 0.29) is 17.8 Å². The average Bonchev–Trinajstić information content (AvgIpc) is 3.21. The van der Waals surface area contributed by atoms with E-state index >= 15 is 0 Å². The molecule has 1 unspecified atom stereocenters. The minimum atomic E-state index is -0.334. The molecule has 2 aromatic rings. The first-order valence-corrected chi connectivity index (χ1v) is 9.86. The van der Waals surface area contributed by atoms with Crippen LogP contribution < -0.4 is 0 Å². The number of benzene rings is 1. The molecule has 1 aromatic heterocycles. The zero-order valence-corrected chi connectivity index (χ0v) is 17.1. The third kappa shape index (κ3) is 7.18. The molecule has 0 aliphatic heterocycles. The van der Waals surface area contributed by atoms with Crippen LogP contribution in [0.2, 0.25) is 0 Å². The number of aryl methyl sites for hydroxylation is 3. The lowest BCUT2D eigenvalue weighted by molar-refractivity contribution is -0.146. The average molecular weight is 386 g/mol. The van der Waals surface area contributed by atoms with Crippen molar-refractivity contribution in [2.75, 3.05) is 20.2 Å². The monoisotopic (exact) mass is 385 g/mol. The van der Waals surface area contributed by atoms with E-state index in [0.717, 1.165) is 25.8 Å². The van der Waals surface area contributed by atoms with Crippen LogP contribution in [0.5, 0.6) is 0 Å². The Bertz CT molecular complexity index is 726. The highest BCUT2D eigenvalue weighted by Crippen LogP contribution is 2.11. The molecule has 0 aliphatic rings. The van der Waals surface area contributed by atoms with E-state index in [9.17, 15) is 9.59 Å². The molecule has 2 rings (SSSR count). The summed E-state index contributed by atoms with van der Waals surface area (Å²) < 4.78 is 6.81. The van der Waals surface area contributed by atoms with Crippen molar-refractivity contribution < 1.29 is 14.3 Å². The van der Waals surface area contributed by atoms with Crippen LogP contribution in [0, 0.1) is 12.8 Å². The minimum Gasteiger partial charge on any atom is -0.469 e. The zero-order valence-electron chi connectivity index (χ0n) is 17.1. The Hall–Kier alpha value is -2.63. The number of amides is 1. The van der Waals surface area contributed by atoms with Gasteiger partial charge in [-0.15, -0.1) is 0 Å². The summed E-state index contributed by atoms with van der Waals surface area (Å²) >= 11 is 0. The van der Waals surface area contributed by atoms with E-state index in [1.807, 2.05) is 10.8 Å². The van der Waals surface area contributed by atoms with Crippen LogP contribution >= 0.6 is 0 Å². The van der Waals surface area contributed by atoms with Crippen LogP contribution in [0.3, 0.4) is 0 Å². The molecule has 6 nitrogen and oxygen atoms in total.